The molecule has 1 heterocycles. The molecule has 0 saturated carbocycles. The maximum Gasteiger partial charge on any atom is 0.362 e. The highest BCUT2D eigenvalue weighted by molar-refractivity contribution is 5.92. The van der Waals surface area contributed by atoms with Gasteiger partial charge in [0.15, 0.2) is 5.82 Å². The molecule has 20 heavy (non-hydrogen) atoms. The van der Waals surface area contributed by atoms with Crippen molar-refractivity contribution >= 4 is 23.4 Å². The zero-order valence-electron chi connectivity index (χ0n) is 11.0. The van der Waals surface area contributed by atoms with Gasteiger partial charge in [0.1, 0.15) is 0 Å². The summed E-state index contributed by atoms with van der Waals surface area (Å²) in [5, 5.41) is 10.1. The van der Waals surface area contributed by atoms with Gasteiger partial charge in [-0.3, -0.25) is 4.79 Å². The van der Waals surface area contributed by atoms with Crippen LogP contribution in [0.4, 0.5) is 11.5 Å². The number of amides is 1. The van der Waals surface area contributed by atoms with Gasteiger partial charge < -0.3 is 15.8 Å². The van der Waals surface area contributed by atoms with Gasteiger partial charge in [0, 0.05) is 12.6 Å². The van der Waals surface area contributed by atoms with E-state index in [4.69, 9.17) is 5.73 Å². The number of hydrogen-bond donors (Lipinski definition) is 2. The summed E-state index contributed by atoms with van der Waals surface area (Å²) in [6.45, 7) is 1.41. The van der Waals surface area contributed by atoms with Crippen molar-refractivity contribution in [2.45, 2.75) is 6.92 Å². The number of carbonyl (C=O) groups excluding carboxylic acids is 2. The van der Waals surface area contributed by atoms with E-state index < -0.39 is 5.97 Å². The molecule has 3 N–H and O–H groups in total. The molecule has 0 atom stereocenters. The summed E-state index contributed by atoms with van der Waals surface area (Å²) < 4.78 is 5.84. The SMILES string of the molecule is COC(=O)c1nnn(-c2cccc(NC(C)=O)c2)c1N. The first-order chi connectivity index (χ1) is 9.52. The molecule has 0 aliphatic rings. The number of esters is 1. The fourth-order valence-corrected chi connectivity index (χ4v) is 1.64. The van der Waals surface area contributed by atoms with E-state index in [0.29, 0.717) is 11.4 Å². The summed E-state index contributed by atoms with van der Waals surface area (Å²) in [7, 11) is 1.23. The number of ether oxygens (including phenoxy) is 1. The molecule has 1 amide bonds. The van der Waals surface area contributed by atoms with Crippen LogP contribution in [0.25, 0.3) is 5.69 Å². The third-order valence-corrected chi connectivity index (χ3v) is 2.49. The Kier molecular flexibility index (Phi) is 3.65. The van der Waals surface area contributed by atoms with Gasteiger partial charge in [-0.2, -0.15) is 4.68 Å². The van der Waals surface area contributed by atoms with E-state index in [2.05, 4.69) is 20.4 Å². The Morgan fingerprint density at radius 3 is 2.80 bits per heavy atom. The number of nitrogens with zero attached hydrogens (tertiary/aromatic N) is 3. The van der Waals surface area contributed by atoms with E-state index in [1.165, 1.54) is 18.7 Å². The number of nitrogens with two attached hydrogens (primary N) is 1. The number of benzene rings is 1. The van der Waals surface area contributed by atoms with E-state index >= 15 is 0 Å². The first-order valence-corrected chi connectivity index (χ1v) is 5.70. The number of anilines is 2. The van der Waals surface area contributed by atoms with Gasteiger partial charge in [0.05, 0.1) is 12.8 Å². The van der Waals surface area contributed by atoms with E-state index in [0.717, 1.165) is 0 Å². The van der Waals surface area contributed by atoms with Gasteiger partial charge in [-0.25, -0.2) is 4.79 Å². The number of carbonyl (C=O) groups is 2. The summed E-state index contributed by atoms with van der Waals surface area (Å²) in [4.78, 5) is 22.4. The minimum absolute atomic E-state index is 0.0579. The minimum atomic E-state index is -0.660. The Bertz CT molecular complexity index is 665. The Morgan fingerprint density at radius 2 is 2.15 bits per heavy atom. The largest absolute Gasteiger partial charge is 0.464 e. The second-order valence-electron chi connectivity index (χ2n) is 3.96. The molecule has 2 rings (SSSR count). The molecular formula is C12H13N5O3. The summed E-state index contributed by atoms with van der Waals surface area (Å²) in [6.07, 6.45) is 0. The van der Waals surface area contributed by atoms with Crippen molar-refractivity contribution in [3.05, 3.63) is 30.0 Å². The maximum atomic E-state index is 11.4. The Labute approximate surface area is 114 Å². The lowest BCUT2D eigenvalue weighted by Crippen LogP contribution is -2.09. The van der Waals surface area contributed by atoms with Crippen LogP contribution in [0.1, 0.15) is 17.4 Å². The van der Waals surface area contributed by atoms with Crippen LogP contribution in [0, 0.1) is 0 Å². The quantitative estimate of drug-likeness (QED) is 0.793. The van der Waals surface area contributed by atoms with Gasteiger partial charge in [0.25, 0.3) is 0 Å². The van der Waals surface area contributed by atoms with Crippen molar-refractivity contribution in [2.75, 3.05) is 18.2 Å². The fraction of sp³-hybridized carbons (Fsp3) is 0.167. The number of methoxy groups -OCH3 is 1. The Balaban J connectivity index is 2.39. The molecule has 1 aromatic carbocycles. The summed E-state index contributed by atoms with van der Waals surface area (Å²) in [6, 6.07) is 6.82. The first kappa shape index (κ1) is 13.5. The molecule has 0 bridgehead atoms. The molecular weight excluding hydrogens is 262 g/mol. The monoisotopic (exact) mass is 275 g/mol. The topological polar surface area (TPSA) is 112 Å². The standard InChI is InChI=1S/C12H13N5O3/c1-7(18)14-8-4-3-5-9(6-8)17-11(13)10(15-16-17)12(19)20-2/h3-6H,13H2,1-2H3,(H,14,18). The lowest BCUT2D eigenvalue weighted by molar-refractivity contribution is -0.114. The second kappa shape index (κ2) is 5.39. The molecule has 0 unspecified atom stereocenters. The van der Waals surface area contributed by atoms with Crippen LogP contribution in [0.15, 0.2) is 24.3 Å². The molecule has 0 aliphatic carbocycles. The predicted octanol–water partition coefficient (Wildman–Crippen LogP) is 0.595. The van der Waals surface area contributed by atoms with Crippen LogP contribution < -0.4 is 11.1 Å². The normalized spacial score (nSPS) is 10.1. The number of hydrogen-bond acceptors (Lipinski definition) is 6. The molecule has 0 aliphatic heterocycles. The predicted molar refractivity (Wildman–Crippen MR) is 71.4 cm³/mol. The number of aromatic nitrogens is 3. The third-order valence-electron chi connectivity index (χ3n) is 2.49. The van der Waals surface area contributed by atoms with Crippen molar-refractivity contribution in [3.8, 4) is 5.69 Å². The number of nitrogen functional groups attached to an aromatic ring is 1. The number of rotatable bonds is 3. The van der Waals surface area contributed by atoms with Crippen LogP contribution in [-0.4, -0.2) is 34.0 Å². The van der Waals surface area contributed by atoms with Crippen molar-refractivity contribution < 1.29 is 14.3 Å². The lowest BCUT2D eigenvalue weighted by atomic mass is 10.2. The zero-order valence-corrected chi connectivity index (χ0v) is 11.0. The van der Waals surface area contributed by atoms with Crippen molar-refractivity contribution in [2.24, 2.45) is 0 Å². The minimum Gasteiger partial charge on any atom is -0.464 e. The molecule has 0 radical (unpaired) electrons. The van der Waals surface area contributed by atoms with Gasteiger partial charge >= 0.3 is 5.97 Å². The molecule has 0 fully saturated rings. The van der Waals surface area contributed by atoms with Crippen LogP contribution >= 0.6 is 0 Å². The van der Waals surface area contributed by atoms with E-state index in [1.54, 1.807) is 24.3 Å². The van der Waals surface area contributed by atoms with Crippen molar-refractivity contribution in [3.63, 3.8) is 0 Å². The molecule has 0 spiro atoms. The van der Waals surface area contributed by atoms with Crippen molar-refractivity contribution in [1.29, 1.82) is 0 Å². The Morgan fingerprint density at radius 1 is 1.40 bits per heavy atom. The third kappa shape index (κ3) is 2.58. The van der Waals surface area contributed by atoms with Crippen LogP contribution in [0.5, 0.6) is 0 Å². The summed E-state index contributed by atoms with van der Waals surface area (Å²) in [5.74, 6) is -0.785. The molecule has 8 nitrogen and oxygen atoms in total. The van der Waals surface area contributed by atoms with Crippen LogP contribution in [-0.2, 0) is 9.53 Å². The van der Waals surface area contributed by atoms with E-state index in [1.807, 2.05) is 0 Å². The second-order valence-corrected chi connectivity index (χ2v) is 3.96. The average molecular weight is 275 g/mol. The van der Waals surface area contributed by atoms with Gasteiger partial charge in [-0.15, -0.1) is 5.10 Å². The first-order valence-electron chi connectivity index (χ1n) is 5.70. The highest BCUT2D eigenvalue weighted by Crippen LogP contribution is 2.18. The van der Waals surface area contributed by atoms with Gasteiger partial charge in [-0.1, -0.05) is 11.3 Å². The molecule has 1 aromatic heterocycles. The molecule has 8 heteroatoms. The number of nitrogens with one attached hydrogen (secondary N) is 1. The van der Waals surface area contributed by atoms with Gasteiger partial charge in [-0.05, 0) is 18.2 Å². The van der Waals surface area contributed by atoms with Crippen molar-refractivity contribution in [1.82, 2.24) is 15.0 Å². The molecule has 0 saturated heterocycles. The van der Waals surface area contributed by atoms with E-state index in [-0.39, 0.29) is 17.4 Å². The molecule has 2 aromatic rings. The summed E-state index contributed by atoms with van der Waals surface area (Å²) in [5.41, 5.74) is 6.91. The summed E-state index contributed by atoms with van der Waals surface area (Å²) >= 11 is 0. The van der Waals surface area contributed by atoms with E-state index in [9.17, 15) is 9.59 Å². The molecule has 104 valence electrons. The highest BCUT2D eigenvalue weighted by Gasteiger charge is 2.18. The zero-order chi connectivity index (χ0) is 14.7. The Hall–Kier alpha value is -2.90. The van der Waals surface area contributed by atoms with Crippen LogP contribution in [0.2, 0.25) is 0 Å². The smallest absolute Gasteiger partial charge is 0.362 e. The fourth-order valence-electron chi connectivity index (χ4n) is 1.64. The highest BCUT2D eigenvalue weighted by atomic mass is 16.5. The van der Waals surface area contributed by atoms with Crippen LogP contribution in [0.3, 0.4) is 0 Å². The maximum absolute atomic E-state index is 11.4. The average Bonchev–Trinajstić information content (AvgIpc) is 2.79. The lowest BCUT2D eigenvalue weighted by Gasteiger charge is -2.06. The van der Waals surface area contributed by atoms with Gasteiger partial charge in [0.2, 0.25) is 11.6 Å².